The standard InChI is InChI=1S/C21H23N3O3/c1-13-8-9-17(20(26)22-13)21(27)23-10-16-11-24(14(2)25)19(18(16)12-23)15-6-4-3-5-7-15/h3-9,16,18-19H,10-12H2,1-2H3,(H,22,26)/t16-,18-,19-/m1/s1. The van der Waals surface area contributed by atoms with Crippen molar-refractivity contribution in [1.82, 2.24) is 14.8 Å². The van der Waals surface area contributed by atoms with Crippen LogP contribution in [-0.4, -0.2) is 46.2 Å². The average molecular weight is 365 g/mol. The molecule has 2 aliphatic heterocycles. The van der Waals surface area contributed by atoms with E-state index in [0.29, 0.717) is 19.6 Å². The van der Waals surface area contributed by atoms with Gasteiger partial charge >= 0.3 is 0 Å². The van der Waals surface area contributed by atoms with E-state index in [1.54, 1.807) is 30.9 Å². The Bertz CT molecular complexity index is 937. The van der Waals surface area contributed by atoms with E-state index in [4.69, 9.17) is 0 Å². The third-order valence-corrected chi connectivity index (χ3v) is 5.78. The van der Waals surface area contributed by atoms with E-state index >= 15 is 0 Å². The number of aromatic amines is 1. The minimum atomic E-state index is -0.345. The highest BCUT2D eigenvalue weighted by molar-refractivity contribution is 5.94. The molecule has 2 saturated heterocycles. The van der Waals surface area contributed by atoms with Gasteiger partial charge in [-0.25, -0.2) is 0 Å². The highest BCUT2D eigenvalue weighted by Gasteiger charge is 2.49. The van der Waals surface area contributed by atoms with Crippen LogP contribution in [0.4, 0.5) is 0 Å². The third kappa shape index (κ3) is 3.05. The van der Waals surface area contributed by atoms with Gasteiger partial charge in [-0.1, -0.05) is 30.3 Å². The SMILES string of the molecule is CC(=O)N1C[C@H]2CN(C(=O)c3ccc(C)[nH]c3=O)C[C@H]2[C@H]1c1ccccc1. The molecule has 0 radical (unpaired) electrons. The van der Waals surface area contributed by atoms with Crippen LogP contribution in [0.1, 0.15) is 34.6 Å². The van der Waals surface area contributed by atoms with Crippen LogP contribution in [0.25, 0.3) is 0 Å². The summed E-state index contributed by atoms with van der Waals surface area (Å²) < 4.78 is 0. The molecule has 3 heterocycles. The van der Waals surface area contributed by atoms with Crippen molar-refractivity contribution in [3.63, 3.8) is 0 Å². The molecule has 2 aliphatic rings. The number of hydrogen-bond donors (Lipinski definition) is 1. The maximum absolute atomic E-state index is 12.9. The molecule has 0 saturated carbocycles. The monoisotopic (exact) mass is 365 g/mol. The number of likely N-dealkylation sites (tertiary alicyclic amines) is 2. The fourth-order valence-electron chi connectivity index (χ4n) is 4.52. The molecule has 140 valence electrons. The predicted molar refractivity (Wildman–Crippen MR) is 101 cm³/mol. The minimum Gasteiger partial charge on any atom is -0.338 e. The molecule has 1 aromatic carbocycles. The van der Waals surface area contributed by atoms with Crippen LogP contribution >= 0.6 is 0 Å². The van der Waals surface area contributed by atoms with Crippen LogP contribution in [0.5, 0.6) is 0 Å². The number of amides is 2. The Morgan fingerprint density at radius 2 is 1.78 bits per heavy atom. The van der Waals surface area contributed by atoms with Crippen molar-refractivity contribution in [2.45, 2.75) is 19.9 Å². The zero-order valence-corrected chi connectivity index (χ0v) is 15.5. The number of rotatable bonds is 2. The van der Waals surface area contributed by atoms with E-state index in [9.17, 15) is 14.4 Å². The molecule has 1 aromatic heterocycles. The molecule has 2 fully saturated rings. The largest absolute Gasteiger partial charge is 0.338 e. The zero-order chi connectivity index (χ0) is 19.1. The summed E-state index contributed by atoms with van der Waals surface area (Å²) >= 11 is 0. The van der Waals surface area contributed by atoms with Crippen LogP contribution < -0.4 is 5.56 Å². The van der Waals surface area contributed by atoms with Crippen LogP contribution in [-0.2, 0) is 4.79 Å². The lowest BCUT2D eigenvalue weighted by Gasteiger charge is -2.29. The predicted octanol–water partition coefficient (Wildman–Crippen LogP) is 1.97. The second-order valence-electron chi connectivity index (χ2n) is 7.55. The van der Waals surface area contributed by atoms with Crippen molar-refractivity contribution in [3.05, 3.63) is 69.6 Å². The summed E-state index contributed by atoms with van der Waals surface area (Å²) in [4.78, 5) is 43.6. The molecule has 3 atom stereocenters. The number of carbonyl (C=O) groups excluding carboxylic acids is 2. The van der Waals surface area contributed by atoms with Crippen LogP contribution in [0.15, 0.2) is 47.3 Å². The van der Waals surface area contributed by atoms with Gasteiger partial charge in [0.2, 0.25) is 5.91 Å². The van der Waals surface area contributed by atoms with Crippen molar-refractivity contribution in [1.29, 1.82) is 0 Å². The number of carbonyl (C=O) groups is 2. The zero-order valence-electron chi connectivity index (χ0n) is 15.5. The molecule has 6 nitrogen and oxygen atoms in total. The Morgan fingerprint density at radius 1 is 1.04 bits per heavy atom. The number of nitrogens with one attached hydrogen (secondary N) is 1. The van der Waals surface area contributed by atoms with Gasteiger partial charge in [-0.15, -0.1) is 0 Å². The lowest BCUT2D eigenvalue weighted by atomic mass is 9.89. The van der Waals surface area contributed by atoms with E-state index in [2.05, 4.69) is 4.98 Å². The van der Waals surface area contributed by atoms with Gasteiger partial charge in [-0.2, -0.15) is 0 Å². The van der Waals surface area contributed by atoms with Gasteiger partial charge in [0.05, 0.1) is 6.04 Å². The van der Waals surface area contributed by atoms with Crippen molar-refractivity contribution in [3.8, 4) is 0 Å². The first-order valence-electron chi connectivity index (χ1n) is 9.27. The molecule has 0 aliphatic carbocycles. The number of nitrogens with zero attached hydrogens (tertiary/aromatic N) is 2. The van der Waals surface area contributed by atoms with E-state index in [1.165, 1.54) is 0 Å². The molecule has 1 N–H and O–H groups in total. The molecular weight excluding hydrogens is 342 g/mol. The van der Waals surface area contributed by atoms with Gasteiger partial charge in [-0.05, 0) is 24.6 Å². The Balaban J connectivity index is 1.60. The second kappa shape index (κ2) is 6.68. The molecule has 0 spiro atoms. The lowest BCUT2D eigenvalue weighted by Crippen LogP contribution is -2.38. The molecule has 0 bridgehead atoms. The Kier molecular flexibility index (Phi) is 4.34. The molecule has 2 amide bonds. The number of fused-ring (bicyclic) bond motifs is 1. The number of aromatic nitrogens is 1. The highest BCUT2D eigenvalue weighted by Crippen LogP contribution is 2.45. The Labute approximate surface area is 157 Å². The lowest BCUT2D eigenvalue weighted by molar-refractivity contribution is -0.130. The normalized spacial score (nSPS) is 24.1. The van der Waals surface area contributed by atoms with Crippen LogP contribution in [0.2, 0.25) is 0 Å². The average Bonchev–Trinajstić information content (AvgIpc) is 3.19. The first-order chi connectivity index (χ1) is 13.0. The van der Waals surface area contributed by atoms with E-state index in [-0.39, 0.29) is 40.8 Å². The summed E-state index contributed by atoms with van der Waals surface area (Å²) in [7, 11) is 0. The number of benzene rings is 1. The maximum atomic E-state index is 12.9. The van der Waals surface area contributed by atoms with E-state index in [0.717, 1.165) is 11.3 Å². The first-order valence-corrected chi connectivity index (χ1v) is 9.27. The summed E-state index contributed by atoms with van der Waals surface area (Å²) in [5.41, 5.74) is 1.67. The fourth-order valence-corrected chi connectivity index (χ4v) is 4.52. The van der Waals surface area contributed by atoms with E-state index in [1.807, 2.05) is 35.2 Å². The van der Waals surface area contributed by atoms with Crippen molar-refractivity contribution in [2.75, 3.05) is 19.6 Å². The van der Waals surface area contributed by atoms with Gasteiger partial charge in [0.1, 0.15) is 5.56 Å². The molecule has 4 rings (SSSR count). The van der Waals surface area contributed by atoms with Gasteiger partial charge < -0.3 is 14.8 Å². The van der Waals surface area contributed by atoms with Crippen LogP contribution in [0, 0.1) is 18.8 Å². The number of aryl methyl sites for hydroxylation is 1. The number of pyridine rings is 1. The molecule has 0 unspecified atom stereocenters. The molecular formula is C21H23N3O3. The van der Waals surface area contributed by atoms with Crippen LogP contribution in [0.3, 0.4) is 0 Å². The van der Waals surface area contributed by atoms with Gasteiger partial charge in [-0.3, -0.25) is 14.4 Å². The summed E-state index contributed by atoms with van der Waals surface area (Å²) in [6, 6.07) is 13.3. The van der Waals surface area contributed by atoms with Gasteiger partial charge in [0.15, 0.2) is 0 Å². The molecule has 6 heteroatoms. The summed E-state index contributed by atoms with van der Waals surface area (Å²) in [5.74, 6) is 0.246. The highest BCUT2D eigenvalue weighted by atomic mass is 16.2. The smallest absolute Gasteiger partial charge is 0.260 e. The topological polar surface area (TPSA) is 73.5 Å². The quantitative estimate of drug-likeness (QED) is 0.884. The maximum Gasteiger partial charge on any atom is 0.260 e. The summed E-state index contributed by atoms with van der Waals surface area (Å²) in [5, 5.41) is 0. The Morgan fingerprint density at radius 3 is 2.44 bits per heavy atom. The van der Waals surface area contributed by atoms with Crippen molar-refractivity contribution < 1.29 is 9.59 Å². The number of hydrogen-bond acceptors (Lipinski definition) is 3. The minimum absolute atomic E-state index is 0.0252. The Hall–Kier alpha value is -2.89. The summed E-state index contributed by atoms with van der Waals surface area (Å²) in [6.45, 7) is 5.17. The fraction of sp³-hybridized carbons (Fsp3) is 0.381. The summed E-state index contributed by atoms with van der Waals surface area (Å²) in [6.07, 6.45) is 0. The van der Waals surface area contributed by atoms with Gasteiger partial charge in [0.25, 0.3) is 11.5 Å². The third-order valence-electron chi connectivity index (χ3n) is 5.78. The van der Waals surface area contributed by atoms with Gasteiger partial charge in [0, 0.05) is 44.1 Å². The van der Waals surface area contributed by atoms with Crippen molar-refractivity contribution >= 4 is 11.8 Å². The first kappa shape index (κ1) is 17.5. The number of H-pyrrole nitrogens is 1. The second-order valence-corrected chi connectivity index (χ2v) is 7.55. The van der Waals surface area contributed by atoms with Crippen molar-refractivity contribution in [2.24, 2.45) is 11.8 Å². The van der Waals surface area contributed by atoms with E-state index < -0.39 is 0 Å². The molecule has 27 heavy (non-hydrogen) atoms. The molecule has 2 aromatic rings.